The lowest BCUT2D eigenvalue weighted by atomic mass is 9.96. The van der Waals surface area contributed by atoms with Crippen molar-refractivity contribution >= 4 is 40.5 Å². The molecule has 5 rings (SSSR count). The number of fused-ring (bicyclic) bond motifs is 3. The largest absolute Gasteiger partial charge is 0.369 e. The molecule has 1 saturated heterocycles. The number of anilines is 3. The van der Waals surface area contributed by atoms with Crippen LogP contribution in [-0.2, 0) is 9.59 Å². The second kappa shape index (κ2) is 10.1. The maximum absolute atomic E-state index is 12.8. The van der Waals surface area contributed by atoms with E-state index in [-0.39, 0.29) is 17.9 Å². The van der Waals surface area contributed by atoms with Crippen molar-refractivity contribution in [3.63, 3.8) is 0 Å². The Morgan fingerprint density at radius 1 is 1.09 bits per heavy atom. The second-order valence-corrected chi connectivity index (χ2v) is 9.48. The third kappa shape index (κ3) is 4.91. The summed E-state index contributed by atoms with van der Waals surface area (Å²) in [5.41, 5.74) is 3.64. The Labute approximate surface area is 205 Å². The van der Waals surface area contributed by atoms with E-state index in [0.717, 1.165) is 61.1 Å². The molecule has 1 atom stereocenters. The lowest BCUT2D eigenvalue weighted by molar-refractivity contribution is -0.119. The number of para-hydroxylation sites is 2. The number of hydrogen-bond donors (Lipinski definition) is 2. The molecule has 0 bridgehead atoms. The normalized spacial score (nSPS) is 20.2. The first-order chi connectivity index (χ1) is 16.6. The Morgan fingerprint density at radius 2 is 1.91 bits per heavy atom. The van der Waals surface area contributed by atoms with Crippen LogP contribution in [0.5, 0.6) is 0 Å². The van der Waals surface area contributed by atoms with E-state index in [2.05, 4.69) is 26.5 Å². The highest BCUT2D eigenvalue weighted by Crippen LogP contribution is 2.36. The lowest BCUT2D eigenvalue weighted by Gasteiger charge is -2.38. The number of halogens is 1. The second-order valence-electron chi connectivity index (χ2n) is 9.04. The summed E-state index contributed by atoms with van der Waals surface area (Å²) >= 11 is 6.13. The zero-order chi connectivity index (χ0) is 23.5. The van der Waals surface area contributed by atoms with Gasteiger partial charge in [-0.05, 0) is 56.1 Å². The number of benzene rings is 2. The number of amides is 2. The van der Waals surface area contributed by atoms with Gasteiger partial charge in [-0.25, -0.2) is 0 Å². The van der Waals surface area contributed by atoms with Crippen molar-refractivity contribution in [3.8, 4) is 0 Å². The van der Waals surface area contributed by atoms with Crippen molar-refractivity contribution < 1.29 is 9.59 Å². The molecule has 7 nitrogen and oxygen atoms in total. The molecule has 8 heteroatoms. The summed E-state index contributed by atoms with van der Waals surface area (Å²) in [5.74, 6) is -0.0439. The maximum Gasteiger partial charge on any atom is 0.248 e. The lowest BCUT2D eigenvalue weighted by Crippen LogP contribution is -2.48. The molecule has 2 aromatic rings. The van der Waals surface area contributed by atoms with Crippen molar-refractivity contribution in [2.24, 2.45) is 0 Å². The number of carbonyl (C=O) groups is 2. The van der Waals surface area contributed by atoms with Crippen LogP contribution < -0.4 is 20.4 Å². The van der Waals surface area contributed by atoms with E-state index in [1.165, 1.54) is 5.69 Å². The van der Waals surface area contributed by atoms with Crippen molar-refractivity contribution in [1.29, 1.82) is 0 Å². The smallest absolute Gasteiger partial charge is 0.248 e. The van der Waals surface area contributed by atoms with Gasteiger partial charge in [-0.2, -0.15) is 0 Å². The maximum atomic E-state index is 12.8. The Hall–Kier alpha value is -3.03. The highest BCUT2D eigenvalue weighted by atomic mass is 35.5. The average Bonchev–Trinajstić information content (AvgIpc) is 2.87. The quantitative estimate of drug-likeness (QED) is 0.621. The van der Waals surface area contributed by atoms with Gasteiger partial charge in [0, 0.05) is 55.2 Å². The molecule has 178 valence electrons. The van der Waals surface area contributed by atoms with Gasteiger partial charge in [0.25, 0.3) is 0 Å². The SMILES string of the molecule is O=C(NCCCN1CCN(c2cccc(Cl)c2)CC1)C1=CN2c3ccccc3NC(=O)C2CC1. The van der Waals surface area contributed by atoms with Gasteiger partial charge in [0.1, 0.15) is 6.04 Å². The van der Waals surface area contributed by atoms with E-state index in [4.69, 9.17) is 11.6 Å². The van der Waals surface area contributed by atoms with Gasteiger partial charge in [0.2, 0.25) is 11.8 Å². The molecule has 3 aliphatic heterocycles. The molecular formula is C26H30ClN5O2. The third-order valence-electron chi connectivity index (χ3n) is 6.83. The standard InChI is InChI=1S/C26H30ClN5O2/c27-20-5-3-6-21(17-20)31-15-13-30(14-16-31)12-4-11-28-25(33)19-9-10-24-26(34)29-22-7-1-2-8-23(22)32(24)18-19/h1-3,5-8,17-18,24H,4,9-16H2,(H,28,33)(H,29,34). The number of hydrogen-bond acceptors (Lipinski definition) is 5. The summed E-state index contributed by atoms with van der Waals surface area (Å²) < 4.78 is 0. The number of rotatable bonds is 6. The topological polar surface area (TPSA) is 67.9 Å². The van der Waals surface area contributed by atoms with Gasteiger partial charge in [0.05, 0.1) is 11.4 Å². The van der Waals surface area contributed by atoms with Crippen LogP contribution in [0.25, 0.3) is 0 Å². The molecular weight excluding hydrogens is 450 g/mol. The van der Waals surface area contributed by atoms with Crippen molar-refractivity contribution in [3.05, 3.63) is 65.3 Å². The number of piperazine rings is 1. The monoisotopic (exact) mass is 479 g/mol. The summed E-state index contributed by atoms with van der Waals surface area (Å²) in [5, 5.41) is 6.81. The molecule has 2 N–H and O–H groups in total. The summed E-state index contributed by atoms with van der Waals surface area (Å²) in [6, 6.07) is 15.5. The molecule has 2 amide bonds. The van der Waals surface area contributed by atoms with E-state index >= 15 is 0 Å². The van der Waals surface area contributed by atoms with Gasteiger partial charge < -0.3 is 20.4 Å². The van der Waals surface area contributed by atoms with Crippen LogP contribution in [-0.4, -0.2) is 62.0 Å². The number of carbonyl (C=O) groups excluding carboxylic acids is 2. The molecule has 0 aromatic heterocycles. The van der Waals surface area contributed by atoms with Crippen molar-refractivity contribution in [2.75, 3.05) is 54.4 Å². The molecule has 0 aliphatic carbocycles. The number of nitrogens with one attached hydrogen (secondary N) is 2. The fourth-order valence-corrected chi connectivity index (χ4v) is 5.15. The third-order valence-corrected chi connectivity index (χ3v) is 7.07. The van der Waals surface area contributed by atoms with Gasteiger partial charge >= 0.3 is 0 Å². The Bertz CT molecular complexity index is 1100. The minimum Gasteiger partial charge on any atom is -0.369 e. The molecule has 3 heterocycles. The molecule has 0 spiro atoms. The first-order valence-electron chi connectivity index (χ1n) is 12.0. The molecule has 1 fully saturated rings. The van der Waals surface area contributed by atoms with E-state index in [1.54, 1.807) is 0 Å². The molecule has 0 saturated carbocycles. The first kappa shape index (κ1) is 22.7. The van der Waals surface area contributed by atoms with E-state index in [0.29, 0.717) is 19.4 Å². The minimum atomic E-state index is -0.253. The van der Waals surface area contributed by atoms with Crippen LogP contribution >= 0.6 is 11.6 Å². The first-order valence-corrected chi connectivity index (χ1v) is 12.4. The average molecular weight is 480 g/mol. The summed E-state index contributed by atoms with van der Waals surface area (Å²) in [6.45, 7) is 5.57. The van der Waals surface area contributed by atoms with E-state index < -0.39 is 0 Å². The van der Waals surface area contributed by atoms with Gasteiger partial charge in [-0.3, -0.25) is 14.5 Å². The Balaban J connectivity index is 1.09. The molecule has 2 aromatic carbocycles. The molecule has 1 unspecified atom stereocenters. The van der Waals surface area contributed by atoms with E-state index in [1.807, 2.05) is 53.6 Å². The summed E-state index contributed by atoms with van der Waals surface area (Å²) in [4.78, 5) is 32.0. The summed E-state index contributed by atoms with van der Waals surface area (Å²) in [6.07, 6.45) is 4.01. The van der Waals surface area contributed by atoms with Gasteiger partial charge in [0.15, 0.2) is 0 Å². The highest BCUT2D eigenvalue weighted by molar-refractivity contribution is 6.30. The summed E-state index contributed by atoms with van der Waals surface area (Å²) in [7, 11) is 0. The van der Waals surface area contributed by atoms with Crippen LogP contribution in [0.4, 0.5) is 17.1 Å². The highest BCUT2D eigenvalue weighted by Gasteiger charge is 2.35. The van der Waals surface area contributed by atoms with Crippen molar-refractivity contribution in [2.45, 2.75) is 25.3 Å². The minimum absolute atomic E-state index is 0.00938. The Kier molecular flexibility index (Phi) is 6.74. The van der Waals surface area contributed by atoms with Crippen LogP contribution in [0.15, 0.2) is 60.3 Å². The van der Waals surface area contributed by atoms with Crippen molar-refractivity contribution in [1.82, 2.24) is 10.2 Å². The number of nitrogens with zero attached hydrogens (tertiary/aromatic N) is 3. The zero-order valence-electron chi connectivity index (χ0n) is 19.2. The Morgan fingerprint density at radius 3 is 2.74 bits per heavy atom. The van der Waals surface area contributed by atoms with Crippen LogP contribution in [0, 0.1) is 0 Å². The predicted molar refractivity (Wildman–Crippen MR) is 136 cm³/mol. The van der Waals surface area contributed by atoms with Crippen LogP contribution in [0.1, 0.15) is 19.3 Å². The molecule has 3 aliphatic rings. The van der Waals surface area contributed by atoms with Crippen LogP contribution in [0.2, 0.25) is 5.02 Å². The zero-order valence-corrected chi connectivity index (χ0v) is 19.9. The molecule has 34 heavy (non-hydrogen) atoms. The molecule has 0 radical (unpaired) electrons. The van der Waals surface area contributed by atoms with Gasteiger partial charge in [-0.15, -0.1) is 0 Å². The fourth-order valence-electron chi connectivity index (χ4n) is 4.96. The van der Waals surface area contributed by atoms with E-state index in [9.17, 15) is 9.59 Å². The van der Waals surface area contributed by atoms with Gasteiger partial charge in [-0.1, -0.05) is 29.8 Å². The van der Waals surface area contributed by atoms with Crippen LogP contribution in [0.3, 0.4) is 0 Å². The fraction of sp³-hybridized carbons (Fsp3) is 0.385. The predicted octanol–water partition coefficient (Wildman–Crippen LogP) is 3.47.